The van der Waals surface area contributed by atoms with Crippen molar-refractivity contribution in [1.29, 1.82) is 0 Å². The van der Waals surface area contributed by atoms with Crippen molar-refractivity contribution in [3.05, 3.63) is 52.3 Å². The van der Waals surface area contributed by atoms with E-state index in [1.165, 1.54) is 19.3 Å². The molecular weight excluding hydrogens is 328 g/mol. The molecule has 0 saturated carbocycles. The first kappa shape index (κ1) is 18.4. The van der Waals surface area contributed by atoms with Crippen LogP contribution in [0.3, 0.4) is 0 Å². The van der Waals surface area contributed by atoms with Crippen LogP contribution < -0.4 is 0 Å². The maximum atomic E-state index is 10.2. The molecule has 1 aromatic heterocycles. The van der Waals surface area contributed by atoms with Crippen LogP contribution in [-0.4, -0.2) is 38.3 Å². The number of benzene rings is 1. The first-order chi connectivity index (χ1) is 12.6. The molecular formula is C21H26N2O3. The summed E-state index contributed by atoms with van der Waals surface area (Å²) in [4.78, 5) is 6.52. The number of aryl methyl sites for hydroxylation is 1. The first-order valence-corrected chi connectivity index (χ1v) is 9.09. The minimum absolute atomic E-state index is 0.0335. The summed E-state index contributed by atoms with van der Waals surface area (Å²) in [5, 5.41) is 29.7. The zero-order valence-electron chi connectivity index (χ0n) is 15.1. The lowest BCUT2D eigenvalue weighted by Crippen LogP contribution is -2.29. The molecule has 5 nitrogen and oxygen atoms in total. The van der Waals surface area contributed by atoms with Crippen molar-refractivity contribution in [3.63, 3.8) is 0 Å². The predicted octanol–water partition coefficient (Wildman–Crippen LogP) is 3.45. The third-order valence-electron chi connectivity index (χ3n) is 4.93. The molecule has 2 heterocycles. The molecule has 26 heavy (non-hydrogen) atoms. The fourth-order valence-corrected chi connectivity index (χ4v) is 3.35. The van der Waals surface area contributed by atoms with E-state index in [4.69, 9.17) is 0 Å². The molecule has 0 atom stereocenters. The summed E-state index contributed by atoms with van der Waals surface area (Å²) < 4.78 is 0. The highest BCUT2D eigenvalue weighted by Crippen LogP contribution is 2.26. The van der Waals surface area contributed by atoms with Crippen molar-refractivity contribution in [2.75, 3.05) is 13.1 Å². The summed E-state index contributed by atoms with van der Waals surface area (Å²) in [6.45, 7) is 4.36. The van der Waals surface area contributed by atoms with Crippen LogP contribution in [-0.2, 0) is 13.2 Å². The van der Waals surface area contributed by atoms with Gasteiger partial charge in [-0.2, -0.15) is 0 Å². The van der Waals surface area contributed by atoms with Crippen LogP contribution in [0.25, 0.3) is 12.2 Å². The molecule has 0 unspecified atom stereocenters. The van der Waals surface area contributed by atoms with E-state index in [-0.39, 0.29) is 12.4 Å². The lowest BCUT2D eigenvalue weighted by atomic mass is 10.0. The molecule has 1 fully saturated rings. The lowest BCUT2D eigenvalue weighted by molar-refractivity contribution is 0.218. The van der Waals surface area contributed by atoms with Gasteiger partial charge in [0.25, 0.3) is 0 Å². The van der Waals surface area contributed by atoms with Gasteiger partial charge in [0.1, 0.15) is 11.5 Å². The van der Waals surface area contributed by atoms with E-state index in [2.05, 4.69) is 9.88 Å². The molecule has 138 valence electrons. The third kappa shape index (κ3) is 4.23. The van der Waals surface area contributed by atoms with Crippen molar-refractivity contribution in [1.82, 2.24) is 9.88 Å². The monoisotopic (exact) mass is 354 g/mol. The molecule has 1 aromatic carbocycles. The van der Waals surface area contributed by atoms with Crippen molar-refractivity contribution < 1.29 is 15.3 Å². The van der Waals surface area contributed by atoms with Gasteiger partial charge in [-0.05, 0) is 50.6 Å². The van der Waals surface area contributed by atoms with E-state index in [1.54, 1.807) is 19.2 Å². The Hall–Kier alpha value is -2.37. The Kier molecular flexibility index (Phi) is 5.91. The van der Waals surface area contributed by atoms with Crippen LogP contribution in [0.4, 0.5) is 0 Å². The van der Waals surface area contributed by atoms with E-state index in [1.807, 2.05) is 24.3 Å². The number of aromatic hydroxyl groups is 2. The molecule has 0 aliphatic carbocycles. The number of phenolic OH excluding ortho intramolecular Hbond substituents is 1. The summed E-state index contributed by atoms with van der Waals surface area (Å²) in [6, 6.07) is 5.56. The van der Waals surface area contributed by atoms with Gasteiger partial charge < -0.3 is 15.3 Å². The second-order valence-electron chi connectivity index (χ2n) is 6.84. The van der Waals surface area contributed by atoms with E-state index >= 15 is 0 Å². The van der Waals surface area contributed by atoms with Gasteiger partial charge in [-0.15, -0.1) is 0 Å². The van der Waals surface area contributed by atoms with E-state index in [0.717, 1.165) is 30.8 Å². The number of likely N-dealkylation sites (tertiary alicyclic amines) is 1. The quantitative estimate of drug-likeness (QED) is 0.767. The number of aromatic nitrogens is 1. The Bertz CT molecular complexity index is 796. The topological polar surface area (TPSA) is 76.8 Å². The zero-order chi connectivity index (χ0) is 18.5. The number of hydrogen-bond acceptors (Lipinski definition) is 5. The molecule has 0 bridgehead atoms. The minimum atomic E-state index is -0.245. The van der Waals surface area contributed by atoms with Gasteiger partial charge in [0.05, 0.1) is 12.3 Å². The number of phenols is 1. The number of rotatable bonds is 5. The summed E-state index contributed by atoms with van der Waals surface area (Å²) in [7, 11) is 0. The van der Waals surface area contributed by atoms with E-state index in [0.29, 0.717) is 22.6 Å². The van der Waals surface area contributed by atoms with Crippen LogP contribution in [0.15, 0.2) is 24.4 Å². The first-order valence-electron chi connectivity index (χ1n) is 9.09. The van der Waals surface area contributed by atoms with Crippen molar-refractivity contribution in [3.8, 4) is 11.5 Å². The molecule has 2 aromatic rings. The van der Waals surface area contributed by atoms with Gasteiger partial charge in [-0.25, -0.2) is 0 Å². The smallest absolute Gasteiger partial charge is 0.142 e. The fraction of sp³-hybridized carbons (Fsp3) is 0.381. The molecule has 1 aliphatic rings. The van der Waals surface area contributed by atoms with Crippen LogP contribution >= 0.6 is 0 Å². The number of piperidine rings is 1. The minimum Gasteiger partial charge on any atom is -0.508 e. The Morgan fingerprint density at radius 1 is 1.12 bits per heavy atom. The average molecular weight is 354 g/mol. The third-order valence-corrected chi connectivity index (χ3v) is 4.93. The molecule has 0 spiro atoms. The average Bonchev–Trinajstić information content (AvgIpc) is 2.66. The molecule has 3 N–H and O–H groups in total. The molecule has 0 radical (unpaired) electrons. The van der Waals surface area contributed by atoms with Crippen molar-refractivity contribution in [2.24, 2.45) is 0 Å². The van der Waals surface area contributed by atoms with Gasteiger partial charge in [0.15, 0.2) is 0 Å². The van der Waals surface area contributed by atoms with Gasteiger partial charge in [0.2, 0.25) is 0 Å². The van der Waals surface area contributed by atoms with E-state index in [9.17, 15) is 15.3 Å². The highest BCUT2D eigenvalue weighted by atomic mass is 16.3. The Morgan fingerprint density at radius 2 is 1.88 bits per heavy atom. The lowest BCUT2D eigenvalue weighted by Gasteiger charge is -2.26. The number of pyridine rings is 1. The zero-order valence-corrected chi connectivity index (χ0v) is 15.1. The normalized spacial score (nSPS) is 15.6. The van der Waals surface area contributed by atoms with Crippen LogP contribution in [0, 0.1) is 6.92 Å². The van der Waals surface area contributed by atoms with Gasteiger partial charge in [0, 0.05) is 29.4 Å². The summed E-state index contributed by atoms with van der Waals surface area (Å²) in [5.74, 6) is 0.351. The number of aliphatic hydroxyl groups excluding tert-OH is 1. The van der Waals surface area contributed by atoms with Crippen LogP contribution in [0.5, 0.6) is 11.5 Å². The fourth-order valence-electron chi connectivity index (χ4n) is 3.35. The molecule has 3 rings (SSSR count). The molecule has 0 amide bonds. The maximum Gasteiger partial charge on any atom is 0.142 e. The molecule has 5 heteroatoms. The summed E-state index contributed by atoms with van der Waals surface area (Å²) in [5.41, 5.74) is 3.53. The Labute approximate surface area is 154 Å². The van der Waals surface area contributed by atoms with Gasteiger partial charge in [-0.1, -0.05) is 24.6 Å². The highest BCUT2D eigenvalue weighted by Gasteiger charge is 2.13. The van der Waals surface area contributed by atoms with Crippen LogP contribution in [0.2, 0.25) is 0 Å². The SMILES string of the molecule is Cc1ncc(/C=C/c2ccc(O)c(CN3CCCCC3)c2)c(CO)c1O. The number of hydrogen-bond donors (Lipinski definition) is 3. The van der Waals surface area contributed by atoms with Crippen molar-refractivity contribution >= 4 is 12.2 Å². The predicted molar refractivity (Wildman–Crippen MR) is 103 cm³/mol. The highest BCUT2D eigenvalue weighted by molar-refractivity contribution is 5.72. The van der Waals surface area contributed by atoms with Crippen molar-refractivity contribution in [2.45, 2.75) is 39.3 Å². The number of aliphatic hydroxyl groups is 1. The van der Waals surface area contributed by atoms with Gasteiger partial charge in [-0.3, -0.25) is 9.88 Å². The maximum absolute atomic E-state index is 10.2. The second kappa shape index (κ2) is 8.34. The standard InChI is InChI=1S/C21H26N2O3/c1-15-21(26)19(14-24)17(12-22-15)7-5-16-6-8-20(25)18(11-16)13-23-9-3-2-4-10-23/h5-8,11-12,24-26H,2-4,9-10,13-14H2,1H3/b7-5+. The van der Waals surface area contributed by atoms with Crippen LogP contribution in [0.1, 0.15) is 47.2 Å². The summed E-state index contributed by atoms with van der Waals surface area (Å²) >= 11 is 0. The Morgan fingerprint density at radius 3 is 2.62 bits per heavy atom. The Balaban J connectivity index is 1.81. The largest absolute Gasteiger partial charge is 0.508 e. The molecule has 1 aliphatic heterocycles. The second-order valence-corrected chi connectivity index (χ2v) is 6.84. The summed E-state index contributed by atoms with van der Waals surface area (Å²) in [6.07, 6.45) is 9.10. The number of nitrogens with zero attached hydrogens (tertiary/aromatic N) is 2. The molecule has 1 saturated heterocycles. The van der Waals surface area contributed by atoms with E-state index < -0.39 is 0 Å². The van der Waals surface area contributed by atoms with Gasteiger partial charge >= 0.3 is 0 Å².